The van der Waals surface area contributed by atoms with Crippen molar-refractivity contribution in [2.45, 2.75) is 12.8 Å². The minimum absolute atomic E-state index is 0.140. The van der Waals surface area contributed by atoms with E-state index in [2.05, 4.69) is 0 Å². The topological polar surface area (TPSA) is 43.4 Å². The highest BCUT2D eigenvalue weighted by Gasteiger charge is 2.20. The van der Waals surface area contributed by atoms with Crippen LogP contribution in [0, 0.1) is 5.92 Å². The number of hydrogen-bond donors (Lipinski definition) is 0. The largest absolute Gasteiger partial charge is 0.381 e. The van der Waals surface area contributed by atoms with Crippen LogP contribution in [0.2, 0.25) is 0 Å². The molecule has 1 heterocycles. The summed E-state index contributed by atoms with van der Waals surface area (Å²) in [5, 5.41) is 0. The Morgan fingerprint density at radius 1 is 1.55 bits per heavy atom. The molecule has 1 aliphatic heterocycles. The molecule has 0 N–H and O–H groups in total. The van der Waals surface area contributed by atoms with Gasteiger partial charge in [0.15, 0.2) is 0 Å². The second-order valence-electron chi connectivity index (χ2n) is 2.79. The van der Waals surface area contributed by atoms with Gasteiger partial charge in [-0.1, -0.05) is 0 Å². The SMILES string of the molecule is O=S(=O)(F)CC1CCCOC1. The standard InChI is InChI=1S/C6H11FO3S/c7-11(8,9)5-6-2-1-3-10-4-6/h6H,1-5H2. The third-order valence-corrected chi connectivity index (χ3v) is 2.56. The van der Waals surface area contributed by atoms with Crippen molar-refractivity contribution in [3.8, 4) is 0 Å². The highest BCUT2D eigenvalue weighted by molar-refractivity contribution is 7.86. The third-order valence-electron chi connectivity index (χ3n) is 1.69. The lowest BCUT2D eigenvalue weighted by Gasteiger charge is -2.19. The first kappa shape index (κ1) is 8.93. The van der Waals surface area contributed by atoms with Crippen LogP contribution in [-0.4, -0.2) is 27.4 Å². The van der Waals surface area contributed by atoms with Gasteiger partial charge in [-0.3, -0.25) is 0 Å². The predicted molar refractivity (Wildman–Crippen MR) is 38.4 cm³/mol. The summed E-state index contributed by atoms with van der Waals surface area (Å²) in [7, 11) is -4.30. The molecule has 1 saturated heterocycles. The summed E-state index contributed by atoms with van der Waals surface area (Å²) < 4.78 is 37.4. The number of halogens is 1. The van der Waals surface area contributed by atoms with Gasteiger partial charge in [0.05, 0.1) is 12.4 Å². The Hall–Kier alpha value is -0.160. The first-order chi connectivity index (χ1) is 5.08. The van der Waals surface area contributed by atoms with Crippen LogP contribution < -0.4 is 0 Å². The van der Waals surface area contributed by atoms with Gasteiger partial charge in [-0.05, 0) is 18.8 Å². The van der Waals surface area contributed by atoms with Gasteiger partial charge in [0, 0.05) is 6.61 Å². The monoisotopic (exact) mass is 182 g/mol. The molecular weight excluding hydrogens is 171 g/mol. The average Bonchev–Trinajstić information content (AvgIpc) is 1.85. The zero-order chi connectivity index (χ0) is 8.32. The molecule has 0 saturated carbocycles. The van der Waals surface area contributed by atoms with Crippen LogP contribution in [0.4, 0.5) is 3.89 Å². The molecule has 11 heavy (non-hydrogen) atoms. The molecule has 0 spiro atoms. The maximum atomic E-state index is 12.1. The van der Waals surface area contributed by atoms with E-state index >= 15 is 0 Å². The molecule has 0 amide bonds. The summed E-state index contributed by atoms with van der Waals surface area (Å²) in [6.07, 6.45) is 1.59. The van der Waals surface area contributed by atoms with Crippen molar-refractivity contribution in [1.82, 2.24) is 0 Å². The highest BCUT2D eigenvalue weighted by atomic mass is 32.3. The van der Waals surface area contributed by atoms with Crippen molar-refractivity contribution in [2.75, 3.05) is 19.0 Å². The maximum Gasteiger partial charge on any atom is 0.302 e. The van der Waals surface area contributed by atoms with E-state index in [4.69, 9.17) is 4.74 Å². The fraction of sp³-hybridized carbons (Fsp3) is 1.00. The molecule has 0 aromatic carbocycles. The van der Waals surface area contributed by atoms with E-state index in [1.807, 2.05) is 0 Å². The lowest BCUT2D eigenvalue weighted by atomic mass is 10.1. The second kappa shape index (κ2) is 3.49. The van der Waals surface area contributed by atoms with Crippen molar-refractivity contribution in [3.05, 3.63) is 0 Å². The Balaban J connectivity index is 2.36. The molecule has 0 radical (unpaired) electrons. The van der Waals surface area contributed by atoms with Crippen LogP contribution >= 0.6 is 0 Å². The summed E-state index contributed by atoms with van der Waals surface area (Å²) in [6, 6.07) is 0. The van der Waals surface area contributed by atoms with Crippen molar-refractivity contribution in [3.63, 3.8) is 0 Å². The van der Waals surface area contributed by atoms with E-state index in [1.165, 1.54) is 0 Å². The lowest BCUT2D eigenvalue weighted by molar-refractivity contribution is 0.0623. The van der Waals surface area contributed by atoms with Gasteiger partial charge in [0.2, 0.25) is 0 Å². The Morgan fingerprint density at radius 3 is 2.73 bits per heavy atom. The second-order valence-corrected chi connectivity index (χ2v) is 4.20. The first-order valence-electron chi connectivity index (χ1n) is 3.58. The van der Waals surface area contributed by atoms with E-state index < -0.39 is 10.2 Å². The predicted octanol–water partition coefficient (Wildman–Crippen LogP) is 0.712. The van der Waals surface area contributed by atoms with E-state index in [9.17, 15) is 12.3 Å². The fourth-order valence-electron chi connectivity index (χ4n) is 1.22. The quantitative estimate of drug-likeness (QED) is 0.591. The minimum Gasteiger partial charge on any atom is -0.381 e. The summed E-state index contributed by atoms with van der Waals surface area (Å²) in [5.41, 5.74) is 0. The Kier molecular flexibility index (Phi) is 2.84. The minimum atomic E-state index is -4.30. The van der Waals surface area contributed by atoms with Crippen LogP contribution in [0.3, 0.4) is 0 Å². The summed E-state index contributed by atoms with van der Waals surface area (Å²) in [4.78, 5) is 0. The van der Waals surface area contributed by atoms with Crippen molar-refractivity contribution < 1.29 is 17.0 Å². The smallest absolute Gasteiger partial charge is 0.302 e. The maximum absolute atomic E-state index is 12.1. The van der Waals surface area contributed by atoms with Gasteiger partial charge in [-0.15, -0.1) is 3.89 Å². The summed E-state index contributed by atoms with van der Waals surface area (Å²) in [6.45, 7) is 1.05. The molecule has 3 nitrogen and oxygen atoms in total. The molecule has 1 rings (SSSR count). The van der Waals surface area contributed by atoms with E-state index in [1.54, 1.807) is 0 Å². The van der Waals surface area contributed by atoms with Gasteiger partial charge in [-0.25, -0.2) is 0 Å². The fourth-order valence-corrected chi connectivity index (χ4v) is 2.05. The average molecular weight is 182 g/mol. The number of rotatable bonds is 2. The van der Waals surface area contributed by atoms with Crippen LogP contribution in [0.15, 0.2) is 0 Å². The number of hydrogen-bond acceptors (Lipinski definition) is 3. The lowest BCUT2D eigenvalue weighted by Crippen LogP contribution is -2.23. The van der Waals surface area contributed by atoms with Crippen LogP contribution in [-0.2, 0) is 15.0 Å². The molecule has 0 aliphatic carbocycles. The van der Waals surface area contributed by atoms with Crippen molar-refractivity contribution in [2.24, 2.45) is 5.92 Å². The molecule has 1 atom stereocenters. The van der Waals surface area contributed by atoms with Gasteiger partial charge in [0.1, 0.15) is 0 Å². The third kappa shape index (κ3) is 3.67. The van der Waals surface area contributed by atoms with Crippen LogP contribution in [0.5, 0.6) is 0 Å². The summed E-state index contributed by atoms with van der Waals surface area (Å²) in [5.74, 6) is -0.522. The van der Waals surface area contributed by atoms with Gasteiger partial charge < -0.3 is 4.74 Å². The Morgan fingerprint density at radius 2 is 2.27 bits per heavy atom. The zero-order valence-electron chi connectivity index (χ0n) is 6.12. The molecule has 0 aromatic heterocycles. The van der Waals surface area contributed by atoms with Gasteiger partial charge in [-0.2, -0.15) is 8.42 Å². The van der Waals surface area contributed by atoms with Gasteiger partial charge in [0.25, 0.3) is 0 Å². The van der Waals surface area contributed by atoms with Crippen molar-refractivity contribution >= 4 is 10.2 Å². The highest BCUT2D eigenvalue weighted by Crippen LogP contribution is 2.15. The number of ether oxygens (including phenoxy) is 1. The zero-order valence-corrected chi connectivity index (χ0v) is 6.94. The van der Waals surface area contributed by atoms with E-state index in [0.29, 0.717) is 13.2 Å². The molecule has 0 aromatic rings. The van der Waals surface area contributed by atoms with E-state index in [0.717, 1.165) is 12.8 Å². The van der Waals surface area contributed by atoms with E-state index in [-0.39, 0.29) is 11.7 Å². The molecule has 0 bridgehead atoms. The molecule has 1 aliphatic rings. The van der Waals surface area contributed by atoms with Crippen molar-refractivity contribution in [1.29, 1.82) is 0 Å². The normalized spacial score (nSPS) is 26.8. The summed E-state index contributed by atoms with van der Waals surface area (Å²) >= 11 is 0. The van der Waals surface area contributed by atoms with Crippen LogP contribution in [0.25, 0.3) is 0 Å². The molecule has 66 valence electrons. The Bertz CT molecular complexity index is 206. The van der Waals surface area contributed by atoms with Crippen LogP contribution in [0.1, 0.15) is 12.8 Å². The molecule has 1 unspecified atom stereocenters. The molecule has 5 heteroatoms. The Labute approximate surface area is 65.8 Å². The first-order valence-corrected chi connectivity index (χ1v) is 5.13. The molecule has 1 fully saturated rings. The van der Waals surface area contributed by atoms with Gasteiger partial charge >= 0.3 is 10.2 Å². The molecular formula is C6H11FO3S.